The summed E-state index contributed by atoms with van der Waals surface area (Å²) < 4.78 is 0. The van der Waals surface area contributed by atoms with Gasteiger partial charge in [0.05, 0.1) is 0 Å². The number of rotatable bonds is 5. The molecule has 0 heterocycles. The van der Waals surface area contributed by atoms with Crippen LogP contribution in [0, 0.1) is 11.8 Å². The van der Waals surface area contributed by atoms with Crippen molar-refractivity contribution >= 4 is 0 Å². The van der Waals surface area contributed by atoms with Gasteiger partial charge in [-0.1, -0.05) is 32.9 Å². The molecule has 0 spiro atoms. The lowest BCUT2D eigenvalue weighted by molar-refractivity contribution is 0.334. The second-order valence-electron chi connectivity index (χ2n) is 4.38. The molecule has 1 unspecified atom stereocenters. The van der Waals surface area contributed by atoms with E-state index >= 15 is 0 Å². The van der Waals surface area contributed by atoms with Gasteiger partial charge in [0.1, 0.15) is 0 Å². The van der Waals surface area contributed by atoms with Crippen LogP contribution in [0.25, 0.3) is 0 Å². The number of hydrogen-bond acceptors (Lipinski definition) is 1. The van der Waals surface area contributed by atoms with Crippen LogP contribution in [0.15, 0.2) is 12.2 Å². The highest BCUT2D eigenvalue weighted by Gasteiger charge is 2.07. The van der Waals surface area contributed by atoms with Gasteiger partial charge in [-0.05, 0) is 32.4 Å². The largest absolute Gasteiger partial charge is 0.309 e. The highest BCUT2D eigenvalue weighted by atomic mass is 15.1. The summed E-state index contributed by atoms with van der Waals surface area (Å²) >= 11 is 0. The van der Waals surface area contributed by atoms with Crippen LogP contribution in [0.2, 0.25) is 0 Å². The third-order valence-electron chi connectivity index (χ3n) is 2.10. The minimum Gasteiger partial charge on any atom is -0.309 e. The number of hydrogen-bond donors (Lipinski definition) is 0. The van der Waals surface area contributed by atoms with Crippen LogP contribution in [0.1, 0.15) is 27.2 Å². The fraction of sp³-hybridized carbons (Fsp3) is 0.818. The molecule has 1 nitrogen and oxygen atoms in total. The number of allylic oxidation sites excluding steroid dienone is 1. The Labute approximate surface area is 77.5 Å². The molecule has 0 aromatic rings. The molecule has 72 valence electrons. The van der Waals surface area contributed by atoms with Crippen molar-refractivity contribution in [3.63, 3.8) is 0 Å². The average molecular weight is 169 g/mol. The third-order valence-corrected chi connectivity index (χ3v) is 2.10. The quantitative estimate of drug-likeness (QED) is 0.572. The summed E-state index contributed by atoms with van der Waals surface area (Å²) in [5, 5.41) is 0. The van der Waals surface area contributed by atoms with E-state index in [1.54, 1.807) is 0 Å². The topological polar surface area (TPSA) is 3.24 Å². The maximum absolute atomic E-state index is 4.08. The first-order valence-electron chi connectivity index (χ1n) is 4.75. The highest BCUT2D eigenvalue weighted by Crippen LogP contribution is 2.17. The Morgan fingerprint density at radius 2 is 1.75 bits per heavy atom. The van der Waals surface area contributed by atoms with E-state index in [0.29, 0.717) is 5.92 Å². The molecule has 0 saturated carbocycles. The van der Waals surface area contributed by atoms with E-state index in [0.717, 1.165) is 18.9 Å². The predicted molar refractivity (Wildman–Crippen MR) is 56.3 cm³/mol. The van der Waals surface area contributed by atoms with Crippen molar-refractivity contribution in [3.05, 3.63) is 12.2 Å². The van der Waals surface area contributed by atoms with Gasteiger partial charge in [0.2, 0.25) is 0 Å². The summed E-state index contributed by atoms with van der Waals surface area (Å²) in [6.45, 7) is 12.0. The van der Waals surface area contributed by atoms with Crippen molar-refractivity contribution in [2.75, 3.05) is 20.6 Å². The molecule has 1 heteroatoms. The smallest absolute Gasteiger partial charge is 0.000398 e. The van der Waals surface area contributed by atoms with Gasteiger partial charge in [0.15, 0.2) is 0 Å². The molecule has 0 fully saturated rings. The standard InChI is InChI=1S/C11H23N/c1-9(2)11(4)7-10(3)8-12(5)6/h9-10H,4,7-8H2,1-3,5-6H3. The van der Waals surface area contributed by atoms with Crippen molar-refractivity contribution in [2.24, 2.45) is 11.8 Å². The molecule has 0 amide bonds. The molecule has 0 bridgehead atoms. The first-order chi connectivity index (χ1) is 5.43. The first-order valence-corrected chi connectivity index (χ1v) is 4.75. The van der Waals surface area contributed by atoms with E-state index in [4.69, 9.17) is 0 Å². The van der Waals surface area contributed by atoms with Crippen LogP contribution in [-0.2, 0) is 0 Å². The molecule has 0 rings (SSSR count). The van der Waals surface area contributed by atoms with Crippen LogP contribution in [0.3, 0.4) is 0 Å². The lowest BCUT2D eigenvalue weighted by Crippen LogP contribution is -2.20. The fourth-order valence-electron chi connectivity index (χ4n) is 1.37. The van der Waals surface area contributed by atoms with Crippen LogP contribution < -0.4 is 0 Å². The molecule has 0 aliphatic carbocycles. The van der Waals surface area contributed by atoms with E-state index < -0.39 is 0 Å². The Hall–Kier alpha value is -0.300. The van der Waals surface area contributed by atoms with Crippen LogP contribution in [0.5, 0.6) is 0 Å². The molecule has 12 heavy (non-hydrogen) atoms. The van der Waals surface area contributed by atoms with Gasteiger partial charge in [-0.25, -0.2) is 0 Å². The van der Waals surface area contributed by atoms with E-state index in [-0.39, 0.29) is 0 Å². The maximum atomic E-state index is 4.08. The Balaban J connectivity index is 3.69. The lowest BCUT2D eigenvalue weighted by Gasteiger charge is -2.19. The molecule has 0 aromatic heterocycles. The van der Waals surface area contributed by atoms with Gasteiger partial charge in [-0.15, -0.1) is 0 Å². The molecule has 1 atom stereocenters. The molecule has 0 aliphatic rings. The molecule has 0 aliphatic heterocycles. The summed E-state index contributed by atoms with van der Waals surface area (Å²) in [7, 11) is 4.24. The van der Waals surface area contributed by atoms with Crippen LogP contribution in [-0.4, -0.2) is 25.5 Å². The minimum absolute atomic E-state index is 0.634. The minimum atomic E-state index is 0.634. The third kappa shape index (κ3) is 5.36. The monoisotopic (exact) mass is 169 g/mol. The SMILES string of the molecule is C=C(CC(C)CN(C)C)C(C)C. The number of nitrogens with zero attached hydrogens (tertiary/aromatic N) is 1. The highest BCUT2D eigenvalue weighted by molar-refractivity contribution is 4.98. The zero-order chi connectivity index (χ0) is 9.72. The van der Waals surface area contributed by atoms with Crippen molar-refractivity contribution in [1.29, 1.82) is 0 Å². The van der Waals surface area contributed by atoms with Crippen molar-refractivity contribution < 1.29 is 0 Å². The summed E-state index contributed by atoms with van der Waals surface area (Å²) in [6.07, 6.45) is 1.16. The zero-order valence-electron chi connectivity index (χ0n) is 9.22. The normalized spacial score (nSPS) is 13.9. The van der Waals surface area contributed by atoms with Gasteiger partial charge >= 0.3 is 0 Å². The Kier molecular flexibility index (Phi) is 5.23. The summed E-state index contributed by atoms with van der Waals surface area (Å²) in [5.41, 5.74) is 1.38. The average Bonchev–Trinajstić information content (AvgIpc) is 1.84. The predicted octanol–water partition coefficient (Wildman–Crippen LogP) is 2.79. The van der Waals surface area contributed by atoms with Gasteiger partial charge in [-0.2, -0.15) is 0 Å². The molecule has 0 aromatic carbocycles. The summed E-state index contributed by atoms with van der Waals surface area (Å²) in [5.74, 6) is 1.37. The van der Waals surface area contributed by atoms with Crippen molar-refractivity contribution in [1.82, 2.24) is 4.90 Å². The van der Waals surface area contributed by atoms with Gasteiger partial charge < -0.3 is 4.90 Å². The summed E-state index contributed by atoms with van der Waals surface area (Å²) in [6, 6.07) is 0. The van der Waals surface area contributed by atoms with Crippen LogP contribution >= 0.6 is 0 Å². The molecule has 0 saturated heterocycles. The second-order valence-corrected chi connectivity index (χ2v) is 4.38. The summed E-state index contributed by atoms with van der Waals surface area (Å²) in [4.78, 5) is 2.23. The fourth-order valence-corrected chi connectivity index (χ4v) is 1.37. The lowest BCUT2D eigenvalue weighted by atomic mass is 9.94. The Bertz CT molecular complexity index is 136. The Morgan fingerprint density at radius 3 is 2.08 bits per heavy atom. The Morgan fingerprint density at radius 1 is 1.25 bits per heavy atom. The van der Waals surface area contributed by atoms with Gasteiger partial charge in [-0.3, -0.25) is 0 Å². The van der Waals surface area contributed by atoms with Crippen molar-refractivity contribution in [3.8, 4) is 0 Å². The van der Waals surface area contributed by atoms with E-state index in [1.807, 2.05) is 0 Å². The maximum Gasteiger partial charge on any atom is 0.000398 e. The molecular formula is C11H23N. The van der Waals surface area contributed by atoms with E-state index in [2.05, 4.69) is 46.3 Å². The van der Waals surface area contributed by atoms with Crippen LogP contribution in [0.4, 0.5) is 0 Å². The van der Waals surface area contributed by atoms with Crippen molar-refractivity contribution in [2.45, 2.75) is 27.2 Å². The van der Waals surface area contributed by atoms with Gasteiger partial charge in [0.25, 0.3) is 0 Å². The molecule has 0 N–H and O–H groups in total. The van der Waals surface area contributed by atoms with E-state index in [9.17, 15) is 0 Å². The molecule has 0 radical (unpaired) electrons. The second kappa shape index (κ2) is 5.36. The zero-order valence-corrected chi connectivity index (χ0v) is 9.22. The van der Waals surface area contributed by atoms with Gasteiger partial charge in [0, 0.05) is 6.54 Å². The first kappa shape index (κ1) is 11.7. The van der Waals surface area contributed by atoms with E-state index in [1.165, 1.54) is 5.57 Å². The molecular weight excluding hydrogens is 146 g/mol.